The van der Waals surface area contributed by atoms with E-state index in [0.717, 1.165) is 6.42 Å². The smallest absolute Gasteiger partial charge is 0.328 e. The normalized spacial score (nSPS) is 19.2. The number of carboxylic acids is 1. The molecule has 0 aromatic heterocycles. The van der Waals surface area contributed by atoms with Gasteiger partial charge in [0.2, 0.25) is 17.7 Å². The van der Waals surface area contributed by atoms with E-state index in [0.29, 0.717) is 13.0 Å². The molecule has 1 saturated heterocycles. The van der Waals surface area contributed by atoms with E-state index in [1.54, 1.807) is 0 Å². The number of aliphatic hydroxyl groups is 2. The van der Waals surface area contributed by atoms with Gasteiger partial charge < -0.3 is 48.1 Å². The van der Waals surface area contributed by atoms with Crippen molar-refractivity contribution in [2.45, 2.75) is 62.9 Å². The maximum Gasteiger partial charge on any atom is 0.328 e. The Bertz CT molecular complexity index is 691. The molecule has 5 unspecified atom stereocenters. The molecule has 5 atom stereocenters. The van der Waals surface area contributed by atoms with Crippen LogP contribution in [0.4, 0.5) is 0 Å². The number of aliphatic imine (C=N–C) groups is 1. The highest BCUT2D eigenvalue weighted by molar-refractivity contribution is 5.94. The van der Waals surface area contributed by atoms with Gasteiger partial charge in [-0.25, -0.2) is 4.79 Å². The number of aliphatic hydroxyl groups excluding tert-OH is 2. The summed E-state index contributed by atoms with van der Waals surface area (Å²) < 4.78 is 0. The molecule has 14 heteroatoms. The molecule has 11 N–H and O–H groups in total. The molecule has 1 rings (SSSR count). The van der Waals surface area contributed by atoms with Gasteiger partial charge in [-0.15, -0.1) is 0 Å². The SMILES string of the molecule is CC(O)C(NC(=O)C(CCCN=C(N)N)NC(=O)C(CO)NC(=O)C1CCCN1)C(=O)O. The summed E-state index contributed by atoms with van der Waals surface area (Å²) in [6.45, 7) is 1.30. The molecule has 32 heavy (non-hydrogen) atoms. The Labute approximate surface area is 185 Å². The minimum Gasteiger partial charge on any atom is -0.480 e. The minimum absolute atomic E-state index is 0.0246. The lowest BCUT2D eigenvalue weighted by Gasteiger charge is -2.25. The summed E-state index contributed by atoms with van der Waals surface area (Å²) in [5.41, 5.74) is 10.5. The van der Waals surface area contributed by atoms with Gasteiger partial charge in [0, 0.05) is 6.54 Å². The summed E-state index contributed by atoms with van der Waals surface area (Å²) in [4.78, 5) is 52.5. The third-order valence-corrected chi connectivity index (χ3v) is 4.82. The molecule has 0 bridgehead atoms. The van der Waals surface area contributed by atoms with Crippen LogP contribution in [0.25, 0.3) is 0 Å². The molecule has 1 aliphatic heterocycles. The quantitative estimate of drug-likeness (QED) is 0.0728. The van der Waals surface area contributed by atoms with Crippen molar-refractivity contribution in [3.8, 4) is 0 Å². The van der Waals surface area contributed by atoms with Crippen LogP contribution in [0.1, 0.15) is 32.6 Å². The third-order valence-electron chi connectivity index (χ3n) is 4.82. The molecule has 0 radical (unpaired) electrons. The predicted molar refractivity (Wildman–Crippen MR) is 113 cm³/mol. The standard InChI is InChI=1S/C18H33N7O7/c1-9(27)13(17(31)32)25-15(29)11(5-3-7-22-18(19)20)23-16(30)12(8-26)24-14(28)10-4-2-6-21-10/h9-13,21,26-27H,2-8H2,1H3,(H,23,30)(H,24,28)(H,25,29)(H,31,32)(H4,19,20,22). The van der Waals surface area contributed by atoms with E-state index in [-0.39, 0.29) is 25.3 Å². The molecule has 1 fully saturated rings. The average Bonchev–Trinajstić information content (AvgIpc) is 3.26. The fourth-order valence-electron chi connectivity index (χ4n) is 3.06. The number of hydrogen-bond acceptors (Lipinski definition) is 8. The van der Waals surface area contributed by atoms with Gasteiger partial charge in [-0.2, -0.15) is 0 Å². The van der Waals surface area contributed by atoms with Crippen molar-refractivity contribution in [1.82, 2.24) is 21.3 Å². The molecule has 0 saturated carbocycles. The van der Waals surface area contributed by atoms with Gasteiger partial charge >= 0.3 is 5.97 Å². The molecule has 1 aliphatic rings. The molecule has 0 aromatic carbocycles. The van der Waals surface area contributed by atoms with E-state index in [9.17, 15) is 29.4 Å². The summed E-state index contributed by atoms with van der Waals surface area (Å²) in [5, 5.41) is 38.3. The van der Waals surface area contributed by atoms with Crippen molar-refractivity contribution in [2.75, 3.05) is 19.7 Å². The lowest BCUT2D eigenvalue weighted by Crippen LogP contribution is -2.59. The van der Waals surface area contributed by atoms with Crippen LogP contribution < -0.4 is 32.7 Å². The van der Waals surface area contributed by atoms with Gasteiger partial charge in [0.25, 0.3) is 0 Å². The van der Waals surface area contributed by atoms with E-state index in [2.05, 4.69) is 26.3 Å². The number of nitrogens with two attached hydrogens (primary N) is 2. The topological polar surface area (TPSA) is 241 Å². The minimum atomic E-state index is -1.60. The first kappa shape index (κ1) is 27.1. The Hall–Kier alpha value is -2.97. The molecular formula is C18H33N7O7. The Balaban J connectivity index is 2.85. The van der Waals surface area contributed by atoms with Crippen LogP contribution in [0, 0.1) is 0 Å². The van der Waals surface area contributed by atoms with Gasteiger partial charge in [-0.1, -0.05) is 0 Å². The van der Waals surface area contributed by atoms with Crippen molar-refractivity contribution >= 4 is 29.7 Å². The van der Waals surface area contributed by atoms with Crippen molar-refractivity contribution in [3.05, 3.63) is 0 Å². The number of rotatable bonds is 13. The van der Waals surface area contributed by atoms with Crippen LogP contribution in [0.5, 0.6) is 0 Å². The van der Waals surface area contributed by atoms with Crippen LogP contribution in [-0.4, -0.2) is 94.9 Å². The number of carbonyl (C=O) groups is 4. The number of nitrogens with one attached hydrogen (secondary N) is 4. The second kappa shape index (κ2) is 13.4. The molecule has 0 aromatic rings. The summed E-state index contributed by atoms with van der Waals surface area (Å²) in [7, 11) is 0. The first-order valence-electron chi connectivity index (χ1n) is 10.3. The summed E-state index contributed by atoms with van der Waals surface area (Å²) in [5.74, 6) is -3.76. The summed E-state index contributed by atoms with van der Waals surface area (Å²) >= 11 is 0. The zero-order chi connectivity index (χ0) is 24.3. The number of hydrogen-bond donors (Lipinski definition) is 9. The first-order valence-corrected chi connectivity index (χ1v) is 10.3. The highest BCUT2D eigenvalue weighted by atomic mass is 16.4. The van der Waals surface area contributed by atoms with Gasteiger partial charge in [0.15, 0.2) is 12.0 Å². The first-order chi connectivity index (χ1) is 15.1. The lowest BCUT2D eigenvalue weighted by molar-refractivity contribution is -0.145. The van der Waals surface area contributed by atoms with Gasteiger partial charge in [-0.3, -0.25) is 19.4 Å². The zero-order valence-electron chi connectivity index (χ0n) is 17.9. The van der Waals surface area contributed by atoms with E-state index < -0.39 is 60.6 Å². The zero-order valence-corrected chi connectivity index (χ0v) is 17.9. The highest BCUT2D eigenvalue weighted by Crippen LogP contribution is 2.06. The number of amides is 3. The number of carbonyl (C=O) groups excluding carboxylic acids is 3. The van der Waals surface area contributed by atoms with Gasteiger partial charge in [0.05, 0.1) is 18.8 Å². The van der Waals surface area contributed by atoms with Gasteiger partial charge in [0.1, 0.15) is 12.1 Å². The lowest BCUT2D eigenvalue weighted by atomic mass is 10.1. The fraction of sp³-hybridized carbons (Fsp3) is 0.722. The van der Waals surface area contributed by atoms with Crippen molar-refractivity contribution < 1.29 is 34.5 Å². The van der Waals surface area contributed by atoms with Crippen LogP contribution in [0.2, 0.25) is 0 Å². The second-order valence-electron chi connectivity index (χ2n) is 7.47. The van der Waals surface area contributed by atoms with E-state index in [1.807, 2.05) is 0 Å². The number of nitrogens with zero attached hydrogens (tertiary/aromatic N) is 1. The Morgan fingerprint density at radius 3 is 2.28 bits per heavy atom. The van der Waals surface area contributed by atoms with E-state index in [4.69, 9.17) is 16.6 Å². The maximum absolute atomic E-state index is 12.6. The number of aliphatic carboxylic acids is 1. The van der Waals surface area contributed by atoms with Crippen LogP contribution in [0.3, 0.4) is 0 Å². The number of carboxylic acid groups (broad SMARTS) is 1. The van der Waals surface area contributed by atoms with Crippen molar-refractivity contribution in [2.24, 2.45) is 16.5 Å². The van der Waals surface area contributed by atoms with Crippen LogP contribution >= 0.6 is 0 Å². The van der Waals surface area contributed by atoms with E-state index >= 15 is 0 Å². The second-order valence-corrected chi connectivity index (χ2v) is 7.47. The molecule has 0 spiro atoms. The third kappa shape index (κ3) is 9.03. The molecule has 1 heterocycles. The van der Waals surface area contributed by atoms with Gasteiger partial charge in [-0.05, 0) is 39.2 Å². The molecule has 0 aliphatic carbocycles. The van der Waals surface area contributed by atoms with Crippen molar-refractivity contribution in [3.63, 3.8) is 0 Å². The largest absolute Gasteiger partial charge is 0.480 e. The van der Waals surface area contributed by atoms with Crippen LogP contribution in [0.15, 0.2) is 4.99 Å². The Morgan fingerprint density at radius 1 is 1.12 bits per heavy atom. The van der Waals surface area contributed by atoms with E-state index in [1.165, 1.54) is 6.92 Å². The molecule has 14 nitrogen and oxygen atoms in total. The highest BCUT2D eigenvalue weighted by Gasteiger charge is 2.32. The molecular weight excluding hydrogens is 426 g/mol. The monoisotopic (exact) mass is 459 g/mol. The number of guanidine groups is 1. The fourth-order valence-corrected chi connectivity index (χ4v) is 3.06. The Kier molecular flexibility index (Phi) is 11.4. The summed E-state index contributed by atoms with van der Waals surface area (Å²) in [6, 6.07) is -4.61. The molecule has 3 amide bonds. The van der Waals surface area contributed by atoms with Crippen LogP contribution in [-0.2, 0) is 19.2 Å². The van der Waals surface area contributed by atoms with Crippen molar-refractivity contribution in [1.29, 1.82) is 0 Å². The Morgan fingerprint density at radius 2 is 1.78 bits per heavy atom. The summed E-state index contributed by atoms with van der Waals surface area (Å²) in [6.07, 6.45) is 0.289. The average molecular weight is 460 g/mol. The predicted octanol–water partition coefficient (Wildman–Crippen LogP) is -4.30. The molecule has 182 valence electrons. The maximum atomic E-state index is 12.6.